The molecule has 1 unspecified atom stereocenters. The molecule has 0 fully saturated rings. The molecule has 106 valence electrons. The van der Waals surface area contributed by atoms with Gasteiger partial charge in [-0.2, -0.15) is 0 Å². The lowest BCUT2D eigenvalue weighted by molar-refractivity contribution is -0.129. The van der Waals surface area contributed by atoms with Gasteiger partial charge in [0.15, 0.2) is 0 Å². The van der Waals surface area contributed by atoms with Crippen molar-refractivity contribution in [1.29, 1.82) is 0 Å². The van der Waals surface area contributed by atoms with Crippen LogP contribution < -0.4 is 0 Å². The number of benzene rings is 1. The van der Waals surface area contributed by atoms with E-state index < -0.39 is 11.7 Å². The highest BCUT2D eigenvalue weighted by Crippen LogP contribution is 2.47. The van der Waals surface area contributed by atoms with E-state index in [0.717, 1.165) is 24.0 Å². The second-order valence-corrected chi connectivity index (χ2v) is 5.90. The van der Waals surface area contributed by atoms with Crippen molar-refractivity contribution in [2.45, 2.75) is 51.2 Å². The van der Waals surface area contributed by atoms with Gasteiger partial charge < -0.3 is 9.84 Å². The quantitative estimate of drug-likeness (QED) is 0.909. The number of ether oxygens (including phenoxy) is 1. The lowest BCUT2D eigenvalue weighted by Gasteiger charge is -2.48. The summed E-state index contributed by atoms with van der Waals surface area (Å²) in [5, 5.41) is 10.2. The molecule has 0 heterocycles. The molecule has 1 aromatic carbocycles. The highest BCUT2D eigenvalue weighted by molar-refractivity contribution is 5.37. The Kier molecular flexibility index (Phi) is 3.98. The third-order valence-electron chi connectivity index (χ3n) is 4.51. The zero-order valence-electron chi connectivity index (χ0n) is 12.1. The molecule has 19 heavy (non-hydrogen) atoms. The van der Waals surface area contributed by atoms with Crippen LogP contribution in [0.15, 0.2) is 18.2 Å². The molecule has 1 aliphatic carbocycles. The van der Waals surface area contributed by atoms with Crippen molar-refractivity contribution in [1.82, 2.24) is 0 Å². The molecule has 1 aromatic rings. The van der Waals surface area contributed by atoms with E-state index in [0.29, 0.717) is 5.92 Å². The summed E-state index contributed by atoms with van der Waals surface area (Å²) in [5.74, 6) is 0.212. The van der Waals surface area contributed by atoms with Crippen molar-refractivity contribution in [2.75, 3.05) is 7.11 Å². The smallest absolute Gasteiger partial charge is 0.123 e. The highest BCUT2D eigenvalue weighted by atomic mass is 19.1. The Hall–Kier alpha value is -0.930. The molecule has 0 saturated heterocycles. The molecule has 0 aromatic heterocycles. The Morgan fingerprint density at radius 3 is 2.58 bits per heavy atom. The highest BCUT2D eigenvalue weighted by Gasteiger charge is 2.48. The van der Waals surface area contributed by atoms with Crippen LogP contribution in [0.1, 0.15) is 44.2 Å². The predicted molar refractivity (Wildman–Crippen MR) is 73.7 cm³/mol. The van der Waals surface area contributed by atoms with Gasteiger partial charge in [-0.15, -0.1) is 0 Å². The molecule has 0 radical (unpaired) electrons. The number of fused-ring (bicyclic) bond motifs is 1. The molecule has 3 atom stereocenters. The van der Waals surface area contributed by atoms with Crippen molar-refractivity contribution in [3.05, 3.63) is 35.1 Å². The van der Waals surface area contributed by atoms with Gasteiger partial charge in [-0.1, -0.05) is 19.9 Å². The molecular weight excluding hydrogens is 243 g/mol. The van der Waals surface area contributed by atoms with Crippen LogP contribution >= 0.6 is 0 Å². The van der Waals surface area contributed by atoms with Gasteiger partial charge in [-0.3, -0.25) is 0 Å². The maximum Gasteiger partial charge on any atom is 0.123 e. The number of aryl methyl sites for hydroxylation is 1. The fourth-order valence-electron chi connectivity index (χ4n) is 3.63. The number of hydrogen-bond acceptors (Lipinski definition) is 2. The lowest BCUT2D eigenvalue weighted by atomic mass is 9.65. The summed E-state index contributed by atoms with van der Waals surface area (Å²) < 4.78 is 19.1. The SMILES string of the molecule is CO[C@@]1([C@H](C)O)CCc2cc(F)ccc2C1C(C)C. The van der Waals surface area contributed by atoms with Gasteiger partial charge in [0.2, 0.25) is 0 Å². The Bertz CT molecular complexity index is 456. The van der Waals surface area contributed by atoms with Crippen molar-refractivity contribution in [3.8, 4) is 0 Å². The van der Waals surface area contributed by atoms with E-state index >= 15 is 0 Å². The van der Waals surface area contributed by atoms with Crippen molar-refractivity contribution >= 4 is 0 Å². The van der Waals surface area contributed by atoms with E-state index in [9.17, 15) is 9.50 Å². The first kappa shape index (κ1) is 14.5. The van der Waals surface area contributed by atoms with Crippen molar-refractivity contribution in [3.63, 3.8) is 0 Å². The topological polar surface area (TPSA) is 29.5 Å². The molecule has 1 aliphatic rings. The summed E-state index contributed by atoms with van der Waals surface area (Å²) in [6.45, 7) is 6.03. The summed E-state index contributed by atoms with van der Waals surface area (Å²) in [7, 11) is 1.66. The van der Waals surface area contributed by atoms with Crippen LogP contribution in [-0.2, 0) is 11.2 Å². The van der Waals surface area contributed by atoms with Crippen molar-refractivity contribution < 1.29 is 14.2 Å². The molecule has 1 N–H and O–H groups in total. The van der Waals surface area contributed by atoms with Gasteiger partial charge in [0.25, 0.3) is 0 Å². The monoisotopic (exact) mass is 266 g/mol. The summed E-state index contributed by atoms with van der Waals surface area (Å²) in [6.07, 6.45) is 0.915. The normalized spacial score (nSPS) is 28.3. The molecule has 0 bridgehead atoms. The average molecular weight is 266 g/mol. The number of methoxy groups -OCH3 is 1. The maximum atomic E-state index is 13.4. The molecule has 0 saturated carbocycles. The van der Waals surface area contributed by atoms with Gasteiger partial charge in [0.05, 0.1) is 6.10 Å². The molecule has 0 aliphatic heterocycles. The third-order valence-corrected chi connectivity index (χ3v) is 4.51. The van der Waals surface area contributed by atoms with E-state index in [4.69, 9.17) is 4.74 Å². The van der Waals surface area contributed by atoms with Gasteiger partial charge in [0, 0.05) is 13.0 Å². The van der Waals surface area contributed by atoms with E-state index in [1.807, 2.05) is 6.07 Å². The number of hydrogen-bond donors (Lipinski definition) is 1. The molecule has 0 amide bonds. The van der Waals surface area contributed by atoms with E-state index in [-0.39, 0.29) is 11.7 Å². The summed E-state index contributed by atoms with van der Waals surface area (Å²) in [5.41, 5.74) is 1.59. The van der Waals surface area contributed by atoms with Crippen LogP contribution in [0.25, 0.3) is 0 Å². The van der Waals surface area contributed by atoms with Gasteiger partial charge in [-0.25, -0.2) is 4.39 Å². The summed E-state index contributed by atoms with van der Waals surface area (Å²) in [6, 6.07) is 4.97. The van der Waals surface area contributed by atoms with E-state index in [1.165, 1.54) is 6.07 Å². The van der Waals surface area contributed by atoms with Gasteiger partial charge >= 0.3 is 0 Å². The first-order valence-electron chi connectivity index (χ1n) is 6.94. The standard InChI is InChI=1S/C16H23FO2/c1-10(2)15-14-6-5-13(17)9-12(14)7-8-16(15,19-4)11(3)18/h5-6,9-11,15,18H,7-8H2,1-4H3/t11-,15?,16+/m0/s1. The largest absolute Gasteiger partial charge is 0.390 e. The van der Waals surface area contributed by atoms with Crippen LogP contribution in [-0.4, -0.2) is 23.9 Å². The molecular formula is C16H23FO2. The third kappa shape index (κ3) is 2.30. The second kappa shape index (κ2) is 5.22. The maximum absolute atomic E-state index is 13.4. The summed E-state index contributed by atoms with van der Waals surface area (Å²) in [4.78, 5) is 0. The number of aliphatic hydroxyl groups is 1. The zero-order chi connectivity index (χ0) is 14.2. The Morgan fingerprint density at radius 2 is 2.05 bits per heavy atom. The molecule has 0 spiro atoms. The van der Waals surface area contributed by atoms with Gasteiger partial charge in [0.1, 0.15) is 11.4 Å². The minimum absolute atomic E-state index is 0.0850. The fourth-order valence-corrected chi connectivity index (χ4v) is 3.63. The lowest BCUT2D eigenvalue weighted by Crippen LogP contribution is -2.52. The first-order chi connectivity index (χ1) is 8.92. The van der Waals surface area contributed by atoms with Gasteiger partial charge in [-0.05, 0) is 48.9 Å². The number of rotatable bonds is 3. The summed E-state index contributed by atoms with van der Waals surface area (Å²) >= 11 is 0. The molecule has 2 rings (SSSR count). The minimum Gasteiger partial charge on any atom is -0.390 e. The average Bonchev–Trinajstić information content (AvgIpc) is 2.36. The second-order valence-electron chi connectivity index (χ2n) is 5.90. The molecule has 2 nitrogen and oxygen atoms in total. The Labute approximate surface area is 114 Å². The number of aliphatic hydroxyl groups excluding tert-OH is 1. The van der Waals surface area contributed by atoms with E-state index in [1.54, 1.807) is 20.1 Å². The van der Waals surface area contributed by atoms with Crippen LogP contribution in [0, 0.1) is 11.7 Å². The zero-order valence-corrected chi connectivity index (χ0v) is 12.1. The van der Waals surface area contributed by atoms with Crippen LogP contribution in [0.2, 0.25) is 0 Å². The fraction of sp³-hybridized carbons (Fsp3) is 0.625. The van der Waals surface area contributed by atoms with Crippen LogP contribution in [0.3, 0.4) is 0 Å². The molecule has 3 heteroatoms. The number of halogens is 1. The predicted octanol–water partition coefficient (Wildman–Crippen LogP) is 3.28. The van der Waals surface area contributed by atoms with E-state index in [2.05, 4.69) is 13.8 Å². The minimum atomic E-state index is -0.570. The Morgan fingerprint density at radius 1 is 1.37 bits per heavy atom. The van der Waals surface area contributed by atoms with Crippen LogP contribution in [0.4, 0.5) is 4.39 Å². The first-order valence-corrected chi connectivity index (χ1v) is 6.94. The van der Waals surface area contributed by atoms with Crippen molar-refractivity contribution in [2.24, 2.45) is 5.92 Å². The Balaban J connectivity index is 2.55. The van der Waals surface area contributed by atoms with Crippen LogP contribution in [0.5, 0.6) is 0 Å².